The van der Waals surface area contributed by atoms with E-state index in [9.17, 15) is 9.90 Å². The average molecular weight is 254 g/mol. The molecule has 2 aliphatic heterocycles. The van der Waals surface area contributed by atoms with Gasteiger partial charge in [-0.2, -0.15) is 0 Å². The monoisotopic (exact) mass is 254 g/mol. The SMILES string of the molecule is CC(C)CN1C[C@H](C(=O)O)C2(CCN(C)CC2)C1. The summed E-state index contributed by atoms with van der Waals surface area (Å²) in [6, 6.07) is 0. The minimum absolute atomic E-state index is 0.0350. The van der Waals surface area contributed by atoms with Gasteiger partial charge >= 0.3 is 5.97 Å². The van der Waals surface area contributed by atoms with Crippen molar-refractivity contribution in [3.8, 4) is 0 Å². The molecule has 2 rings (SSSR count). The summed E-state index contributed by atoms with van der Waals surface area (Å²) < 4.78 is 0. The lowest BCUT2D eigenvalue weighted by Crippen LogP contribution is -2.44. The third-order valence-electron chi connectivity index (χ3n) is 4.62. The Bertz CT molecular complexity index is 309. The second kappa shape index (κ2) is 5.17. The highest BCUT2D eigenvalue weighted by atomic mass is 16.4. The first-order chi connectivity index (χ1) is 8.43. The molecule has 18 heavy (non-hydrogen) atoms. The molecule has 0 aliphatic carbocycles. The van der Waals surface area contributed by atoms with Crippen molar-refractivity contribution in [2.45, 2.75) is 26.7 Å². The third-order valence-corrected chi connectivity index (χ3v) is 4.62. The van der Waals surface area contributed by atoms with Crippen molar-refractivity contribution in [2.75, 3.05) is 39.8 Å². The van der Waals surface area contributed by atoms with Crippen LogP contribution in [0.5, 0.6) is 0 Å². The van der Waals surface area contributed by atoms with Gasteiger partial charge in [0.15, 0.2) is 0 Å². The van der Waals surface area contributed by atoms with E-state index in [1.165, 1.54) is 0 Å². The molecule has 2 aliphatic rings. The van der Waals surface area contributed by atoms with E-state index in [0.717, 1.165) is 45.6 Å². The van der Waals surface area contributed by atoms with Crippen molar-refractivity contribution in [3.05, 3.63) is 0 Å². The Balaban J connectivity index is 2.09. The Kier molecular flexibility index (Phi) is 3.97. The van der Waals surface area contributed by atoms with Crippen LogP contribution in [0.25, 0.3) is 0 Å². The molecule has 104 valence electrons. The molecule has 0 aromatic carbocycles. The molecule has 0 aromatic rings. The maximum Gasteiger partial charge on any atom is 0.308 e. The van der Waals surface area contributed by atoms with Gasteiger partial charge in [-0.15, -0.1) is 0 Å². The van der Waals surface area contributed by atoms with Crippen LogP contribution in [0.1, 0.15) is 26.7 Å². The van der Waals surface area contributed by atoms with Gasteiger partial charge in [-0.25, -0.2) is 0 Å². The molecule has 1 spiro atoms. The van der Waals surface area contributed by atoms with Gasteiger partial charge < -0.3 is 14.9 Å². The fourth-order valence-electron chi connectivity index (χ4n) is 3.64. The van der Waals surface area contributed by atoms with E-state index in [1.54, 1.807) is 0 Å². The second-order valence-corrected chi connectivity index (χ2v) is 6.64. The third kappa shape index (κ3) is 2.69. The minimum Gasteiger partial charge on any atom is -0.481 e. The van der Waals surface area contributed by atoms with Gasteiger partial charge in [0.05, 0.1) is 5.92 Å². The summed E-state index contributed by atoms with van der Waals surface area (Å²) in [5, 5.41) is 9.51. The highest BCUT2D eigenvalue weighted by Gasteiger charge is 2.50. The van der Waals surface area contributed by atoms with Crippen molar-refractivity contribution in [3.63, 3.8) is 0 Å². The molecule has 0 saturated carbocycles. The summed E-state index contributed by atoms with van der Waals surface area (Å²) >= 11 is 0. The van der Waals surface area contributed by atoms with Crippen LogP contribution in [0.4, 0.5) is 0 Å². The minimum atomic E-state index is -0.592. The largest absolute Gasteiger partial charge is 0.481 e. The Morgan fingerprint density at radius 2 is 2.00 bits per heavy atom. The van der Waals surface area contributed by atoms with Crippen molar-refractivity contribution >= 4 is 5.97 Å². The Labute approximate surface area is 110 Å². The smallest absolute Gasteiger partial charge is 0.308 e. The van der Waals surface area contributed by atoms with Crippen LogP contribution in [0.3, 0.4) is 0 Å². The topological polar surface area (TPSA) is 43.8 Å². The quantitative estimate of drug-likeness (QED) is 0.826. The lowest BCUT2D eigenvalue weighted by atomic mass is 9.71. The lowest BCUT2D eigenvalue weighted by Gasteiger charge is -2.40. The van der Waals surface area contributed by atoms with Crippen molar-refractivity contribution in [2.24, 2.45) is 17.3 Å². The first-order valence-corrected chi connectivity index (χ1v) is 7.07. The van der Waals surface area contributed by atoms with Gasteiger partial charge in [0.25, 0.3) is 0 Å². The summed E-state index contributed by atoms with van der Waals surface area (Å²) in [6.45, 7) is 9.25. The van der Waals surface area contributed by atoms with Gasteiger partial charge in [0.2, 0.25) is 0 Å². The lowest BCUT2D eigenvalue weighted by molar-refractivity contribution is -0.145. The van der Waals surface area contributed by atoms with Gasteiger partial charge in [-0.05, 0) is 38.9 Å². The van der Waals surface area contributed by atoms with Crippen LogP contribution in [0.15, 0.2) is 0 Å². The molecule has 0 aromatic heterocycles. The van der Waals surface area contributed by atoms with E-state index in [0.29, 0.717) is 5.92 Å². The number of hydrogen-bond donors (Lipinski definition) is 1. The number of carboxylic acid groups (broad SMARTS) is 1. The number of piperidine rings is 1. The molecular weight excluding hydrogens is 228 g/mol. The van der Waals surface area contributed by atoms with E-state index >= 15 is 0 Å². The molecule has 0 bridgehead atoms. The second-order valence-electron chi connectivity index (χ2n) is 6.64. The zero-order valence-electron chi connectivity index (χ0n) is 11.9. The van der Waals surface area contributed by atoms with Crippen LogP contribution >= 0.6 is 0 Å². The highest BCUT2D eigenvalue weighted by molar-refractivity contribution is 5.72. The molecule has 0 radical (unpaired) electrons. The fourth-order valence-corrected chi connectivity index (χ4v) is 3.64. The van der Waals surface area contributed by atoms with Gasteiger partial charge in [0, 0.05) is 25.0 Å². The molecular formula is C14H26N2O2. The summed E-state index contributed by atoms with van der Waals surface area (Å²) in [6.07, 6.45) is 2.07. The summed E-state index contributed by atoms with van der Waals surface area (Å²) in [7, 11) is 2.13. The number of hydrogen-bond acceptors (Lipinski definition) is 3. The molecule has 1 N–H and O–H groups in total. The standard InChI is InChI=1S/C14H26N2O2/c1-11(2)8-16-9-12(13(17)18)14(10-16)4-6-15(3)7-5-14/h11-12H,4-10H2,1-3H3,(H,17,18)/t12-/m1/s1. The van der Waals surface area contributed by atoms with Gasteiger partial charge in [-0.3, -0.25) is 4.79 Å². The van der Waals surface area contributed by atoms with Crippen LogP contribution in [0.2, 0.25) is 0 Å². The maximum atomic E-state index is 11.5. The number of carboxylic acids is 1. The maximum absolute atomic E-state index is 11.5. The van der Waals surface area contributed by atoms with Crippen molar-refractivity contribution < 1.29 is 9.90 Å². The summed E-state index contributed by atoms with van der Waals surface area (Å²) in [5.74, 6) is -0.142. The molecule has 1 atom stereocenters. The number of likely N-dealkylation sites (tertiary alicyclic amines) is 2. The molecule has 0 unspecified atom stereocenters. The van der Waals surface area contributed by atoms with E-state index < -0.39 is 5.97 Å². The van der Waals surface area contributed by atoms with E-state index in [-0.39, 0.29) is 11.3 Å². The highest BCUT2D eigenvalue weighted by Crippen LogP contribution is 2.44. The van der Waals surface area contributed by atoms with Crippen LogP contribution in [-0.4, -0.2) is 60.6 Å². The Morgan fingerprint density at radius 1 is 1.39 bits per heavy atom. The summed E-state index contributed by atoms with van der Waals surface area (Å²) in [5.41, 5.74) is 0.0350. The summed E-state index contributed by atoms with van der Waals surface area (Å²) in [4.78, 5) is 16.2. The molecule has 2 saturated heterocycles. The molecule has 2 heterocycles. The average Bonchev–Trinajstić information content (AvgIpc) is 2.61. The predicted octanol–water partition coefficient (Wildman–Crippen LogP) is 1.37. The molecule has 4 nitrogen and oxygen atoms in total. The Hall–Kier alpha value is -0.610. The number of aliphatic carboxylic acids is 1. The van der Waals surface area contributed by atoms with E-state index in [2.05, 4.69) is 30.7 Å². The predicted molar refractivity (Wildman–Crippen MR) is 71.6 cm³/mol. The zero-order chi connectivity index (χ0) is 13.3. The van der Waals surface area contributed by atoms with Crippen molar-refractivity contribution in [1.29, 1.82) is 0 Å². The number of rotatable bonds is 3. The van der Waals surface area contributed by atoms with E-state index in [1.807, 2.05) is 0 Å². The van der Waals surface area contributed by atoms with Crippen LogP contribution in [-0.2, 0) is 4.79 Å². The van der Waals surface area contributed by atoms with Gasteiger partial charge in [0.1, 0.15) is 0 Å². The molecule has 2 fully saturated rings. The van der Waals surface area contributed by atoms with E-state index in [4.69, 9.17) is 0 Å². The molecule has 0 amide bonds. The fraction of sp³-hybridized carbons (Fsp3) is 0.929. The first kappa shape index (κ1) is 13.8. The van der Waals surface area contributed by atoms with Gasteiger partial charge in [-0.1, -0.05) is 13.8 Å². The molecule has 4 heteroatoms. The zero-order valence-corrected chi connectivity index (χ0v) is 11.9. The van der Waals surface area contributed by atoms with Crippen molar-refractivity contribution in [1.82, 2.24) is 9.80 Å². The number of nitrogens with zero attached hydrogens (tertiary/aromatic N) is 2. The normalized spacial score (nSPS) is 29.2. The van der Waals surface area contributed by atoms with Crippen LogP contribution in [0, 0.1) is 17.3 Å². The Morgan fingerprint density at radius 3 is 2.50 bits per heavy atom. The van der Waals surface area contributed by atoms with Crippen LogP contribution < -0.4 is 0 Å². The number of carbonyl (C=O) groups is 1. The first-order valence-electron chi connectivity index (χ1n) is 7.07.